The van der Waals surface area contributed by atoms with Gasteiger partial charge in [-0.15, -0.1) is 0 Å². The lowest BCUT2D eigenvalue weighted by atomic mass is 10.1. The molecule has 0 aromatic heterocycles. The molecular formula is C28H33N3O5S2. The Morgan fingerprint density at radius 2 is 1.34 bits per heavy atom. The SMILES string of the molecule is CC(C)(C)OC(=O)N[C@@H](Cc1ccccc1)C(=O)N=[S@@](C)(=O)c1ccc(N=[S@@](C)(=O)c2ccccc2)cc1. The van der Waals surface area contributed by atoms with Crippen molar-refractivity contribution in [1.29, 1.82) is 0 Å². The van der Waals surface area contributed by atoms with E-state index in [0.717, 1.165) is 5.56 Å². The minimum atomic E-state index is -3.16. The van der Waals surface area contributed by atoms with Crippen LogP contribution in [0.1, 0.15) is 26.3 Å². The third-order valence-electron chi connectivity index (χ3n) is 5.27. The van der Waals surface area contributed by atoms with E-state index in [1.54, 1.807) is 75.6 Å². The van der Waals surface area contributed by atoms with Crippen molar-refractivity contribution in [2.45, 2.75) is 48.6 Å². The molecule has 10 heteroatoms. The Hall–Kier alpha value is -3.50. The molecular weight excluding hydrogens is 522 g/mol. The molecule has 0 heterocycles. The van der Waals surface area contributed by atoms with Crippen molar-refractivity contribution in [3.63, 3.8) is 0 Å². The summed E-state index contributed by atoms with van der Waals surface area (Å²) in [6.45, 7) is 5.16. The van der Waals surface area contributed by atoms with E-state index in [2.05, 4.69) is 14.0 Å². The van der Waals surface area contributed by atoms with Crippen LogP contribution in [0.3, 0.4) is 0 Å². The van der Waals surface area contributed by atoms with Crippen molar-refractivity contribution in [3.8, 4) is 0 Å². The average Bonchev–Trinajstić information content (AvgIpc) is 2.83. The summed E-state index contributed by atoms with van der Waals surface area (Å²) in [6, 6.07) is 23.3. The Kier molecular flexibility index (Phi) is 9.11. The van der Waals surface area contributed by atoms with Crippen LogP contribution in [0.2, 0.25) is 0 Å². The summed E-state index contributed by atoms with van der Waals surface area (Å²) in [5, 5.41) is 2.57. The van der Waals surface area contributed by atoms with Crippen LogP contribution in [-0.2, 0) is 35.4 Å². The van der Waals surface area contributed by atoms with Gasteiger partial charge in [-0.3, -0.25) is 4.79 Å². The smallest absolute Gasteiger partial charge is 0.408 e. The van der Waals surface area contributed by atoms with E-state index in [4.69, 9.17) is 4.74 Å². The number of rotatable bonds is 7. The quantitative estimate of drug-likeness (QED) is 0.408. The van der Waals surface area contributed by atoms with Gasteiger partial charge in [0.1, 0.15) is 11.6 Å². The molecule has 0 fully saturated rings. The molecule has 0 aliphatic heterocycles. The number of benzene rings is 3. The number of nitrogens with zero attached hydrogens (tertiary/aromatic N) is 2. The second-order valence-electron chi connectivity index (χ2n) is 9.82. The molecule has 2 amide bonds. The molecule has 202 valence electrons. The Morgan fingerprint density at radius 3 is 1.89 bits per heavy atom. The third-order valence-corrected chi connectivity index (χ3v) is 8.65. The molecule has 0 spiro atoms. The lowest BCUT2D eigenvalue weighted by molar-refractivity contribution is -0.119. The molecule has 0 saturated heterocycles. The number of hydrogen-bond donors (Lipinski definition) is 1. The lowest BCUT2D eigenvalue weighted by Crippen LogP contribution is -2.44. The number of carbonyl (C=O) groups is 2. The number of hydrogen-bond acceptors (Lipinski definition) is 6. The number of alkyl carbamates (subject to hydrolysis) is 1. The molecule has 0 saturated carbocycles. The first-order chi connectivity index (χ1) is 17.7. The van der Waals surface area contributed by atoms with Gasteiger partial charge in [-0.05, 0) is 62.7 Å². The van der Waals surface area contributed by atoms with Crippen LogP contribution in [-0.4, -0.2) is 44.6 Å². The van der Waals surface area contributed by atoms with Crippen molar-refractivity contribution < 1.29 is 22.7 Å². The first-order valence-corrected chi connectivity index (χ1v) is 15.8. The van der Waals surface area contributed by atoms with Crippen LogP contribution in [0.15, 0.2) is 103 Å². The zero-order valence-corrected chi connectivity index (χ0v) is 23.8. The van der Waals surface area contributed by atoms with Gasteiger partial charge in [0.2, 0.25) is 0 Å². The van der Waals surface area contributed by atoms with Crippen molar-refractivity contribution in [1.82, 2.24) is 5.32 Å². The molecule has 8 nitrogen and oxygen atoms in total. The lowest BCUT2D eigenvalue weighted by Gasteiger charge is -2.22. The first-order valence-electron chi connectivity index (χ1n) is 11.9. The highest BCUT2D eigenvalue weighted by Crippen LogP contribution is 2.22. The third kappa shape index (κ3) is 8.53. The molecule has 0 aliphatic carbocycles. The van der Waals surface area contributed by atoms with Crippen molar-refractivity contribution in [2.24, 2.45) is 8.73 Å². The van der Waals surface area contributed by atoms with Gasteiger partial charge in [0, 0.05) is 28.7 Å². The topological polar surface area (TPSA) is 114 Å². The second kappa shape index (κ2) is 11.9. The van der Waals surface area contributed by atoms with E-state index in [1.165, 1.54) is 6.26 Å². The fourth-order valence-electron chi connectivity index (χ4n) is 3.47. The molecule has 3 aromatic rings. The molecule has 0 unspecified atom stereocenters. The Labute approximate surface area is 225 Å². The maximum atomic E-state index is 13.5. The first kappa shape index (κ1) is 29.1. The highest BCUT2D eigenvalue weighted by Gasteiger charge is 2.26. The normalized spacial score (nSPS) is 15.3. The molecule has 0 radical (unpaired) electrons. The average molecular weight is 556 g/mol. The molecule has 3 rings (SSSR count). The summed E-state index contributed by atoms with van der Waals surface area (Å²) >= 11 is 0. The van der Waals surface area contributed by atoms with Crippen LogP contribution in [0.4, 0.5) is 10.5 Å². The maximum Gasteiger partial charge on any atom is 0.408 e. The van der Waals surface area contributed by atoms with E-state index in [1.807, 2.05) is 36.4 Å². The summed E-state index contributed by atoms with van der Waals surface area (Å²) in [5.41, 5.74) is 0.488. The fraction of sp³-hybridized carbons (Fsp3) is 0.286. The zero-order chi connectivity index (χ0) is 28.0. The fourth-order valence-corrected chi connectivity index (χ4v) is 5.98. The molecule has 3 aromatic carbocycles. The van der Waals surface area contributed by atoms with Crippen LogP contribution >= 0.6 is 0 Å². The van der Waals surface area contributed by atoms with Crippen molar-refractivity contribution in [2.75, 3.05) is 12.5 Å². The summed E-state index contributed by atoms with van der Waals surface area (Å²) in [6.07, 6.45) is 2.30. The van der Waals surface area contributed by atoms with Gasteiger partial charge in [0.05, 0.1) is 25.1 Å². The standard InChI is InChI=1S/C28H33N3O5S2/c1-28(2,3)36-27(33)29-25(20-21-12-8-6-9-13-21)26(32)31-38(5,35)24-18-16-22(17-19-24)30-37(4,34)23-14-10-7-11-15-23/h6-19,25H,20H2,1-5H3,(H,29,33)/t25-,37-,38-/m0/s1. The van der Waals surface area contributed by atoms with E-state index >= 15 is 0 Å². The van der Waals surface area contributed by atoms with E-state index < -0.39 is 43.1 Å². The predicted molar refractivity (Wildman–Crippen MR) is 150 cm³/mol. The molecule has 38 heavy (non-hydrogen) atoms. The largest absolute Gasteiger partial charge is 0.444 e. The van der Waals surface area contributed by atoms with E-state index in [0.29, 0.717) is 15.5 Å². The minimum Gasteiger partial charge on any atom is -0.444 e. The molecule has 0 aliphatic rings. The van der Waals surface area contributed by atoms with Gasteiger partial charge in [0.15, 0.2) is 0 Å². The van der Waals surface area contributed by atoms with Gasteiger partial charge >= 0.3 is 6.09 Å². The number of nitrogens with one attached hydrogen (secondary N) is 1. The monoisotopic (exact) mass is 555 g/mol. The van der Waals surface area contributed by atoms with Gasteiger partial charge in [0.25, 0.3) is 5.91 Å². The Balaban J connectivity index is 1.87. The molecule has 1 N–H and O–H groups in total. The van der Waals surface area contributed by atoms with Gasteiger partial charge < -0.3 is 10.1 Å². The minimum absolute atomic E-state index is 0.153. The summed E-state index contributed by atoms with van der Waals surface area (Å²) in [7, 11) is -5.83. The Bertz CT molecular complexity index is 1510. The molecule has 0 bridgehead atoms. The summed E-state index contributed by atoms with van der Waals surface area (Å²) in [5.74, 6) is -0.735. The Morgan fingerprint density at radius 1 is 0.816 bits per heavy atom. The van der Waals surface area contributed by atoms with Gasteiger partial charge in [-0.1, -0.05) is 48.5 Å². The highest BCUT2D eigenvalue weighted by atomic mass is 32.2. The zero-order valence-electron chi connectivity index (χ0n) is 22.1. The number of carbonyl (C=O) groups excluding carboxylic acids is 2. The van der Waals surface area contributed by atoms with Gasteiger partial charge in [-0.25, -0.2) is 13.2 Å². The summed E-state index contributed by atoms with van der Waals surface area (Å²) < 4.78 is 40.2. The van der Waals surface area contributed by atoms with Crippen LogP contribution in [0.5, 0.6) is 0 Å². The molecule has 3 atom stereocenters. The van der Waals surface area contributed by atoms with Crippen LogP contribution in [0.25, 0.3) is 0 Å². The van der Waals surface area contributed by atoms with Crippen molar-refractivity contribution in [3.05, 3.63) is 90.5 Å². The number of ether oxygens (including phenoxy) is 1. The predicted octanol–water partition coefficient (Wildman–Crippen LogP) is 5.59. The van der Waals surface area contributed by atoms with Crippen LogP contribution in [0, 0.1) is 0 Å². The second-order valence-corrected chi connectivity index (χ2v) is 14.3. The number of amides is 2. The maximum absolute atomic E-state index is 13.5. The van der Waals surface area contributed by atoms with E-state index in [-0.39, 0.29) is 6.42 Å². The summed E-state index contributed by atoms with van der Waals surface area (Å²) in [4.78, 5) is 26.5. The van der Waals surface area contributed by atoms with E-state index in [9.17, 15) is 18.0 Å². The van der Waals surface area contributed by atoms with Gasteiger partial charge in [-0.2, -0.15) is 8.73 Å². The highest BCUT2D eigenvalue weighted by molar-refractivity contribution is 7.93. The van der Waals surface area contributed by atoms with Crippen LogP contribution < -0.4 is 5.32 Å². The van der Waals surface area contributed by atoms with Crippen molar-refractivity contribution >= 4 is 37.1 Å².